The molecule has 26 heavy (non-hydrogen) atoms. The van der Waals surface area contributed by atoms with Gasteiger partial charge in [0.25, 0.3) is 0 Å². The van der Waals surface area contributed by atoms with Crippen molar-refractivity contribution in [1.82, 2.24) is 0 Å². The zero-order valence-electron chi connectivity index (χ0n) is 15.7. The second-order valence-corrected chi connectivity index (χ2v) is 5.97. The van der Waals surface area contributed by atoms with E-state index in [1.807, 2.05) is 6.92 Å². The van der Waals surface area contributed by atoms with Crippen molar-refractivity contribution in [2.45, 2.75) is 45.5 Å². The van der Waals surface area contributed by atoms with Gasteiger partial charge in [0, 0.05) is 11.1 Å². The molecular formula is C18H30O8. The SMILES string of the molecule is C=C(C)C(=O)OCC(O)COCC(CC)OCC(O)COC(=O)C(=C)C. The first-order valence-corrected chi connectivity index (χ1v) is 8.38. The normalized spacial score (nSPS) is 14.2. The van der Waals surface area contributed by atoms with Gasteiger partial charge in [0.1, 0.15) is 25.4 Å². The fourth-order valence-corrected chi connectivity index (χ4v) is 1.55. The monoisotopic (exact) mass is 374 g/mol. The van der Waals surface area contributed by atoms with Gasteiger partial charge in [-0.1, -0.05) is 20.1 Å². The van der Waals surface area contributed by atoms with E-state index in [1.54, 1.807) is 0 Å². The molecule has 150 valence electrons. The number of carbonyl (C=O) groups is 2. The molecule has 3 atom stereocenters. The molecule has 0 bridgehead atoms. The molecular weight excluding hydrogens is 344 g/mol. The summed E-state index contributed by atoms with van der Waals surface area (Å²) in [6.07, 6.45) is -1.59. The molecule has 0 saturated carbocycles. The van der Waals surface area contributed by atoms with Crippen LogP contribution in [0, 0.1) is 0 Å². The average Bonchev–Trinajstić information content (AvgIpc) is 2.59. The van der Waals surface area contributed by atoms with Crippen LogP contribution in [0.4, 0.5) is 0 Å². The molecule has 0 aromatic carbocycles. The van der Waals surface area contributed by atoms with Crippen LogP contribution in [0.2, 0.25) is 0 Å². The van der Waals surface area contributed by atoms with E-state index < -0.39 is 24.1 Å². The fourth-order valence-electron chi connectivity index (χ4n) is 1.55. The van der Waals surface area contributed by atoms with E-state index in [4.69, 9.17) is 18.9 Å². The van der Waals surface area contributed by atoms with Gasteiger partial charge in [-0.25, -0.2) is 9.59 Å². The van der Waals surface area contributed by atoms with Gasteiger partial charge in [-0.15, -0.1) is 0 Å². The molecule has 3 unspecified atom stereocenters. The van der Waals surface area contributed by atoms with Gasteiger partial charge in [0.05, 0.1) is 25.9 Å². The van der Waals surface area contributed by atoms with Crippen LogP contribution in [0.15, 0.2) is 24.3 Å². The lowest BCUT2D eigenvalue weighted by Crippen LogP contribution is -2.30. The Morgan fingerprint density at radius 2 is 1.31 bits per heavy atom. The van der Waals surface area contributed by atoms with Crippen molar-refractivity contribution in [3.8, 4) is 0 Å². The summed E-state index contributed by atoms with van der Waals surface area (Å²) in [6, 6.07) is 0. The third-order valence-corrected chi connectivity index (χ3v) is 3.10. The largest absolute Gasteiger partial charge is 0.460 e. The lowest BCUT2D eigenvalue weighted by atomic mass is 10.3. The molecule has 0 aliphatic rings. The zero-order chi connectivity index (χ0) is 20.1. The maximum atomic E-state index is 11.2. The Kier molecular flexibility index (Phi) is 12.6. The van der Waals surface area contributed by atoms with Gasteiger partial charge in [-0.3, -0.25) is 0 Å². The highest BCUT2D eigenvalue weighted by molar-refractivity contribution is 5.87. The first-order valence-electron chi connectivity index (χ1n) is 8.38. The first kappa shape index (κ1) is 24.3. The molecule has 0 fully saturated rings. The topological polar surface area (TPSA) is 112 Å². The van der Waals surface area contributed by atoms with Crippen LogP contribution in [0.3, 0.4) is 0 Å². The molecule has 0 amide bonds. The smallest absolute Gasteiger partial charge is 0.333 e. The lowest BCUT2D eigenvalue weighted by molar-refractivity contribution is -0.145. The van der Waals surface area contributed by atoms with Crippen molar-refractivity contribution < 1.29 is 38.7 Å². The number of hydrogen-bond donors (Lipinski definition) is 2. The van der Waals surface area contributed by atoms with Crippen molar-refractivity contribution in [2.24, 2.45) is 0 Å². The average molecular weight is 374 g/mol. The molecule has 0 aromatic rings. The highest BCUT2D eigenvalue weighted by atomic mass is 16.6. The Hall–Kier alpha value is -1.74. The molecule has 0 radical (unpaired) electrons. The maximum absolute atomic E-state index is 11.2. The van der Waals surface area contributed by atoms with Gasteiger partial charge in [-0.05, 0) is 20.3 Å². The summed E-state index contributed by atoms with van der Waals surface area (Å²) in [6.45, 7) is 11.6. The molecule has 0 aliphatic heterocycles. The zero-order valence-corrected chi connectivity index (χ0v) is 15.7. The van der Waals surface area contributed by atoms with E-state index in [1.165, 1.54) is 13.8 Å². The minimum atomic E-state index is -0.959. The highest BCUT2D eigenvalue weighted by Crippen LogP contribution is 2.03. The third-order valence-electron chi connectivity index (χ3n) is 3.10. The summed E-state index contributed by atoms with van der Waals surface area (Å²) in [4.78, 5) is 22.4. The number of aliphatic hydroxyl groups excluding tert-OH is 2. The molecule has 8 nitrogen and oxygen atoms in total. The van der Waals surface area contributed by atoms with Crippen molar-refractivity contribution in [3.63, 3.8) is 0 Å². The molecule has 0 aromatic heterocycles. The minimum Gasteiger partial charge on any atom is -0.460 e. The summed E-state index contributed by atoms with van der Waals surface area (Å²) in [5, 5.41) is 19.4. The molecule has 0 saturated heterocycles. The third kappa shape index (κ3) is 11.8. The van der Waals surface area contributed by atoms with Gasteiger partial charge in [-0.2, -0.15) is 0 Å². The fraction of sp³-hybridized carbons (Fsp3) is 0.667. The van der Waals surface area contributed by atoms with Gasteiger partial charge < -0.3 is 29.2 Å². The number of hydrogen-bond acceptors (Lipinski definition) is 8. The van der Waals surface area contributed by atoms with Crippen molar-refractivity contribution in [3.05, 3.63) is 24.3 Å². The second kappa shape index (κ2) is 13.5. The summed E-state index contributed by atoms with van der Waals surface area (Å²) >= 11 is 0. The van der Waals surface area contributed by atoms with E-state index >= 15 is 0 Å². The van der Waals surface area contributed by atoms with Crippen LogP contribution in [0.5, 0.6) is 0 Å². The van der Waals surface area contributed by atoms with E-state index in [0.717, 1.165) is 0 Å². The standard InChI is InChI=1S/C18H30O8/c1-6-16(24-8-15(20)10-26-18(22)13(4)5)11-23-7-14(19)9-25-17(21)12(2)3/h14-16,19-20H,2,4,6-11H2,1,3,5H3. The first-order chi connectivity index (χ1) is 12.2. The van der Waals surface area contributed by atoms with Gasteiger partial charge in [0.2, 0.25) is 0 Å². The Morgan fingerprint density at radius 3 is 1.73 bits per heavy atom. The van der Waals surface area contributed by atoms with E-state index in [2.05, 4.69) is 13.2 Å². The molecule has 0 heterocycles. The lowest BCUT2D eigenvalue weighted by Gasteiger charge is -2.20. The Labute approximate surface area is 154 Å². The summed E-state index contributed by atoms with van der Waals surface area (Å²) < 4.78 is 20.5. The Morgan fingerprint density at radius 1 is 0.846 bits per heavy atom. The quantitative estimate of drug-likeness (QED) is 0.339. The molecule has 2 N–H and O–H groups in total. The van der Waals surface area contributed by atoms with Crippen LogP contribution in [-0.4, -0.2) is 73.5 Å². The van der Waals surface area contributed by atoms with Gasteiger partial charge in [0.15, 0.2) is 0 Å². The minimum absolute atomic E-state index is 0.0237. The molecule has 0 aliphatic carbocycles. The predicted octanol–water partition coefficient (Wildman–Crippen LogP) is 0.759. The number of carbonyl (C=O) groups excluding carboxylic acids is 2. The van der Waals surface area contributed by atoms with Crippen LogP contribution >= 0.6 is 0 Å². The number of ether oxygens (including phenoxy) is 4. The summed E-state index contributed by atoms with van der Waals surface area (Å²) in [5.74, 6) is -1.14. The van der Waals surface area contributed by atoms with Crippen LogP contribution < -0.4 is 0 Å². The van der Waals surface area contributed by atoms with Crippen LogP contribution in [-0.2, 0) is 28.5 Å². The molecule has 0 rings (SSSR count). The van der Waals surface area contributed by atoms with Crippen LogP contribution in [0.25, 0.3) is 0 Å². The molecule has 8 heteroatoms. The van der Waals surface area contributed by atoms with Crippen molar-refractivity contribution in [1.29, 1.82) is 0 Å². The van der Waals surface area contributed by atoms with E-state index in [9.17, 15) is 19.8 Å². The number of esters is 2. The Balaban J connectivity index is 3.94. The second-order valence-electron chi connectivity index (χ2n) is 5.97. The summed E-state index contributed by atoms with van der Waals surface area (Å²) in [5.41, 5.74) is 0.510. The van der Waals surface area contributed by atoms with Gasteiger partial charge >= 0.3 is 11.9 Å². The molecule has 0 spiro atoms. The highest BCUT2D eigenvalue weighted by Gasteiger charge is 2.15. The van der Waals surface area contributed by atoms with E-state index in [-0.39, 0.29) is 50.3 Å². The Bertz CT molecular complexity index is 474. The summed E-state index contributed by atoms with van der Waals surface area (Å²) in [7, 11) is 0. The van der Waals surface area contributed by atoms with E-state index in [0.29, 0.717) is 6.42 Å². The maximum Gasteiger partial charge on any atom is 0.333 e. The van der Waals surface area contributed by atoms with Crippen molar-refractivity contribution >= 4 is 11.9 Å². The van der Waals surface area contributed by atoms with Crippen LogP contribution in [0.1, 0.15) is 27.2 Å². The predicted molar refractivity (Wildman–Crippen MR) is 94.4 cm³/mol. The number of rotatable bonds is 14. The van der Waals surface area contributed by atoms with Crippen molar-refractivity contribution in [2.75, 3.05) is 33.0 Å². The number of aliphatic hydroxyl groups is 2.